The van der Waals surface area contributed by atoms with Gasteiger partial charge >= 0.3 is 5.69 Å². The Kier molecular flexibility index (Phi) is 5.37. The van der Waals surface area contributed by atoms with Crippen LogP contribution < -0.4 is 5.32 Å². The van der Waals surface area contributed by atoms with E-state index in [0.717, 1.165) is 4.90 Å². The van der Waals surface area contributed by atoms with Gasteiger partial charge in [-0.2, -0.15) is 0 Å². The smallest absolute Gasteiger partial charge is 0.334 e. The fourth-order valence-electron chi connectivity index (χ4n) is 2.06. The van der Waals surface area contributed by atoms with Crippen molar-refractivity contribution >= 4 is 52.2 Å². The number of anilines is 2. The first kappa shape index (κ1) is 17.5. The molecular formula is C16H10Cl2N4O2S. The number of nitrogens with zero attached hydrogens (tertiary/aromatic N) is 3. The van der Waals surface area contributed by atoms with Gasteiger partial charge in [-0.25, -0.2) is 9.97 Å². The summed E-state index contributed by atoms with van der Waals surface area (Å²) in [6.07, 6.45) is 1.27. The standard InChI is InChI=1S/C16H10Cl2N4O2S/c17-10-6-11(18)8-12(7-10)21-15-14(22(23)24)16(20-9-19-15)25-13-4-2-1-3-5-13/h1-9H,(H,19,20,21). The SMILES string of the molecule is O=[N+]([O-])c1c(Nc2cc(Cl)cc(Cl)c2)ncnc1Sc1ccccc1. The van der Waals surface area contributed by atoms with Gasteiger partial charge in [0.15, 0.2) is 5.03 Å². The lowest BCUT2D eigenvalue weighted by Crippen LogP contribution is -2.02. The van der Waals surface area contributed by atoms with E-state index in [9.17, 15) is 10.1 Å². The highest BCUT2D eigenvalue weighted by molar-refractivity contribution is 7.99. The van der Waals surface area contributed by atoms with E-state index in [2.05, 4.69) is 15.3 Å². The number of rotatable bonds is 5. The zero-order chi connectivity index (χ0) is 17.8. The van der Waals surface area contributed by atoms with E-state index in [1.54, 1.807) is 18.2 Å². The lowest BCUT2D eigenvalue weighted by atomic mass is 10.3. The quantitative estimate of drug-likeness (QED) is 0.346. The first-order valence-electron chi connectivity index (χ1n) is 6.98. The van der Waals surface area contributed by atoms with Crippen molar-refractivity contribution in [3.63, 3.8) is 0 Å². The maximum atomic E-state index is 11.6. The van der Waals surface area contributed by atoms with Crippen molar-refractivity contribution in [3.8, 4) is 0 Å². The fraction of sp³-hybridized carbons (Fsp3) is 0. The monoisotopic (exact) mass is 392 g/mol. The molecule has 1 N–H and O–H groups in total. The van der Waals surface area contributed by atoms with Crippen LogP contribution in [0.2, 0.25) is 10.0 Å². The minimum atomic E-state index is -0.514. The maximum absolute atomic E-state index is 11.6. The number of hydrogen-bond donors (Lipinski definition) is 1. The molecular weight excluding hydrogens is 383 g/mol. The van der Waals surface area contributed by atoms with Crippen LogP contribution in [0.4, 0.5) is 17.2 Å². The molecule has 126 valence electrons. The van der Waals surface area contributed by atoms with Crippen LogP contribution in [-0.4, -0.2) is 14.9 Å². The van der Waals surface area contributed by atoms with Crippen LogP contribution in [-0.2, 0) is 0 Å². The second-order valence-electron chi connectivity index (χ2n) is 4.83. The van der Waals surface area contributed by atoms with Crippen LogP contribution in [0.5, 0.6) is 0 Å². The predicted molar refractivity (Wildman–Crippen MR) is 99.0 cm³/mol. The molecule has 0 radical (unpaired) electrons. The van der Waals surface area contributed by atoms with Crippen molar-refractivity contribution < 1.29 is 4.92 Å². The molecule has 0 unspecified atom stereocenters. The van der Waals surface area contributed by atoms with E-state index < -0.39 is 4.92 Å². The van der Waals surface area contributed by atoms with Gasteiger partial charge in [0.2, 0.25) is 5.82 Å². The number of benzene rings is 2. The van der Waals surface area contributed by atoms with E-state index in [1.165, 1.54) is 18.1 Å². The Hall–Kier alpha value is -2.35. The van der Waals surface area contributed by atoms with Crippen molar-refractivity contribution in [2.24, 2.45) is 0 Å². The Morgan fingerprint density at radius 1 is 1.04 bits per heavy atom. The van der Waals surface area contributed by atoms with Gasteiger partial charge in [0, 0.05) is 20.6 Å². The molecule has 0 aliphatic rings. The summed E-state index contributed by atoms with van der Waals surface area (Å²) in [7, 11) is 0. The summed E-state index contributed by atoms with van der Waals surface area (Å²) in [5, 5.41) is 15.5. The number of aromatic nitrogens is 2. The van der Waals surface area contributed by atoms with Crippen LogP contribution in [0.15, 0.2) is 64.8 Å². The molecule has 3 aromatic rings. The predicted octanol–water partition coefficient (Wildman–Crippen LogP) is 5.59. The summed E-state index contributed by atoms with van der Waals surface area (Å²) < 4.78 is 0. The molecule has 6 nitrogen and oxygen atoms in total. The molecule has 0 saturated carbocycles. The number of nitrogens with one attached hydrogen (secondary N) is 1. The van der Waals surface area contributed by atoms with E-state index >= 15 is 0 Å². The van der Waals surface area contributed by atoms with E-state index in [1.807, 2.05) is 30.3 Å². The Labute approximate surface area is 157 Å². The summed E-state index contributed by atoms with van der Waals surface area (Å²) in [5.41, 5.74) is 0.280. The van der Waals surface area contributed by atoms with Gasteiger partial charge in [0.1, 0.15) is 6.33 Å². The van der Waals surface area contributed by atoms with Crippen molar-refractivity contribution in [3.05, 3.63) is 75.0 Å². The van der Waals surface area contributed by atoms with Gasteiger partial charge in [-0.05, 0) is 30.3 Å². The van der Waals surface area contributed by atoms with E-state index in [0.29, 0.717) is 15.7 Å². The third-order valence-electron chi connectivity index (χ3n) is 3.05. The van der Waals surface area contributed by atoms with Crippen LogP contribution in [0.25, 0.3) is 0 Å². The summed E-state index contributed by atoms with van der Waals surface area (Å²) in [6, 6.07) is 14.0. The Morgan fingerprint density at radius 3 is 2.36 bits per heavy atom. The van der Waals surface area contributed by atoms with Gasteiger partial charge in [0.05, 0.1) is 4.92 Å². The van der Waals surface area contributed by atoms with Crippen molar-refractivity contribution in [2.75, 3.05) is 5.32 Å². The lowest BCUT2D eigenvalue weighted by Gasteiger charge is -2.09. The van der Waals surface area contributed by atoms with Crippen molar-refractivity contribution in [1.82, 2.24) is 9.97 Å². The molecule has 0 aliphatic heterocycles. The van der Waals surface area contributed by atoms with Crippen molar-refractivity contribution in [1.29, 1.82) is 0 Å². The third kappa shape index (κ3) is 4.39. The normalized spacial score (nSPS) is 10.5. The highest BCUT2D eigenvalue weighted by atomic mass is 35.5. The molecule has 1 heterocycles. The van der Waals surface area contributed by atoms with E-state index in [4.69, 9.17) is 23.2 Å². The molecule has 0 aliphatic carbocycles. The molecule has 0 saturated heterocycles. The van der Waals surface area contributed by atoms with Crippen molar-refractivity contribution in [2.45, 2.75) is 9.92 Å². The summed E-state index contributed by atoms with van der Waals surface area (Å²) >= 11 is 13.1. The minimum absolute atomic E-state index is 0.0664. The van der Waals surface area contributed by atoms with Gasteiger partial charge in [-0.15, -0.1) is 0 Å². The van der Waals surface area contributed by atoms with E-state index in [-0.39, 0.29) is 16.5 Å². The summed E-state index contributed by atoms with van der Waals surface area (Å²) in [4.78, 5) is 19.9. The summed E-state index contributed by atoms with van der Waals surface area (Å²) in [6.45, 7) is 0. The first-order chi connectivity index (χ1) is 12.0. The number of nitro groups is 1. The Morgan fingerprint density at radius 2 is 1.72 bits per heavy atom. The van der Waals surface area contributed by atoms with Gasteiger partial charge in [0.25, 0.3) is 0 Å². The minimum Gasteiger partial charge on any atom is -0.334 e. The molecule has 0 amide bonds. The number of hydrogen-bond acceptors (Lipinski definition) is 6. The van der Waals surface area contributed by atoms with Gasteiger partial charge in [-0.1, -0.05) is 53.2 Å². The Bertz CT molecular complexity index is 905. The molecule has 25 heavy (non-hydrogen) atoms. The molecule has 0 atom stereocenters. The first-order valence-corrected chi connectivity index (χ1v) is 8.55. The number of halogens is 2. The van der Waals surface area contributed by atoms with Crippen LogP contribution in [0, 0.1) is 10.1 Å². The highest BCUT2D eigenvalue weighted by Gasteiger charge is 2.24. The maximum Gasteiger partial charge on any atom is 0.343 e. The zero-order valence-electron chi connectivity index (χ0n) is 12.5. The zero-order valence-corrected chi connectivity index (χ0v) is 14.8. The molecule has 0 spiro atoms. The summed E-state index contributed by atoms with van der Waals surface area (Å²) in [5.74, 6) is 0.0664. The van der Waals surface area contributed by atoms with Crippen LogP contribution in [0.3, 0.4) is 0 Å². The fourth-order valence-corrected chi connectivity index (χ4v) is 3.47. The van der Waals surface area contributed by atoms with Crippen LogP contribution in [0.1, 0.15) is 0 Å². The lowest BCUT2D eigenvalue weighted by molar-refractivity contribution is -0.387. The average Bonchev–Trinajstić information content (AvgIpc) is 2.54. The highest BCUT2D eigenvalue weighted by Crippen LogP contribution is 2.37. The second kappa shape index (κ2) is 7.69. The third-order valence-corrected chi connectivity index (χ3v) is 4.49. The molecule has 0 bridgehead atoms. The van der Waals surface area contributed by atoms with Gasteiger partial charge in [-0.3, -0.25) is 10.1 Å². The largest absolute Gasteiger partial charge is 0.343 e. The Balaban J connectivity index is 1.99. The van der Waals surface area contributed by atoms with Gasteiger partial charge < -0.3 is 5.32 Å². The molecule has 2 aromatic carbocycles. The molecule has 1 aromatic heterocycles. The molecule has 9 heteroatoms. The second-order valence-corrected chi connectivity index (χ2v) is 6.77. The average molecular weight is 393 g/mol. The van der Waals surface area contributed by atoms with Crippen LogP contribution >= 0.6 is 35.0 Å². The molecule has 3 rings (SSSR count). The topological polar surface area (TPSA) is 81.0 Å². The molecule has 0 fully saturated rings.